The number of aliphatic carboxylic acids is 3. The molecule has 1 rings (SSSR count). The molecule has 0 saturated carbocycles. The van der Waals surface area contributed by atoms with Crippen molar-refractivity contribution in [2.24, 2.45) is 0 Å². The molecule has 0 aliphatic rings. The Morgan fingerprint density at radius 1 is 1.08 bits per heavy atom. The smallest absolute Gasteiger partial charge is 0.333 e. The second kappa shape index (κ2) is 10.5. The van der Waals surface area contributed by atoms with Crippen molar-refractivity contribution in [2.75, 3.05) is 14.2 Å². The van der Waals surface area contributed by atoms with Crippen LogP contribution in [0.5, 0.6) is 17.2 Å². The van der Waals surface area contributed by atoms with Crippen LogP contribution in [0.15, 0.2) is 18.2 Å². The van der Waals surface area contributed by atoms with E-state index in [1.54, 1.807) is 0 Å². The van der Waals surface area contributed by atoms with Crippen LogP contribution in [-0.2, 0) is 14.4 Å². The number of aromatic hydroxyl groups is 1. The maximum atomic E-state index is 10.3. The summed E-state index contributed by atoms with van der Waals surface area (Å²) < 4.78 is 9.85. The zero-order valence-corrected chi connectivity index (χ0v) is 13.4. The first-order valence-corrected chi connectivity index (χ1v) is 6.61. The third-order valence-corrected chi connectivity index (χ3v) is 2.57. The van der Waals surface area contributed by atoms with Crippen LogP contribution in [0.4, 0.5) is 0 Å². The molecule has 1 aromatic rings. The predicted octanol–water partition coefficient (Wildman–Crippen LogP) is 0.414. The molecule has 1 unspecified atom stereocenters. The van der Waals surface area contributed by atoms with Crippen LogP contribution in [0.3, 0.4) is 0 Å². The molecule has 0 heterocycles. The lowest BCUT2D eigenvalue weighted by Gasteiger charge is -2.09. The van der Waals surface area contributed by atoms with Gasteiger partial charge in [-0.2, -0.15) is 0 Å². The number of aliphatic hydroxyl groups excluding tert-OH is 1. The standard InChI is InChI=1S/C11H12O5.C4H6O5/c1-15-8-5-7(3-4-10(12)13)6-9(16-2)11(8)14;5-2(4(8)9)1-3(6)7/h3-6,14H,1-2H3,(H,12,13);2,5H,1H2,(H,6,7)(H,8,9)/b4-3+;. The molecule has 1 aromatic carbocycles. The summed E-state index contributed by atoms with van der Waals surface area (Å²) in [4.78, 5) is 29.8. The topological polar surface area (TPSA) is 171 Å². The van der Waals surface area contributed by atoms with Gasteiger partial charge in [0.15, 0.2) is 17.6 Å². The number of methoxy groups -OCH3 is 2. The minimum Gasteiger partial charge on any atom is -0.502 e. The molecule has 10 heteroatoms. The molecule has 1 atom stereocenters. The summed E-state index contributed by atoms with van der Waals surface area (Å²) in [7, 11) is 2.80. The lowest BCUT2D eigenvalue weighted by atomic mass is 10.1. The average molecular weight is 358 g/mol. The van der Waals surface area contributed by atoms with Gasteiger partial charge >= 0.3 is 17.9 Å². The number of benzene rings is 1. The van der Waals surface area contributed by atoms with Crippen LogP contribution in [0.1, 0.15) is 12.0 Å². The van der Waals surface area contributed by atoms with Crippen molar-refractivity contribution in [3.63, 3.8) is 0 Å². The zero-order chi connectivity index (χ0) is 19.6. The SMILES string of the molecule is COc1cc(/C=C/C(=O)O)cc(OC)c1O.O=C(O)CC(O)C(=O)O. The molecule has 0 saturated heterocycles. The van der Waals surface area contributed by atoms with Gasteiger partial charge < -0.3 is 35.0 Å². The van der Waals surface area contributed by atoms with E-state index in [2.05, 4.69) is 0 Å². The number of carboxylic acids is 3. The van der Waals surface area contributed by atoms with Crippen LogP contribution >= 0.6 is 0 Å². The summed E-state index contributed by atoms with van der Waals surface area (Å²) in [5, 5.41) is 42.2. The van der Waals surface area contributed by atoms with Gasteiger partial charge in [-0.15, -0.1) is 0 Å². The molecule has 0 spiro atoms. The number of phenols is 1. The molecule has 0 fully saturated rings. The van der Waals surface area contributed by atoms with Crippen LogP contribution in [0, 0.1) is 0 Å². The van der Waals surface area contributed by atoms with Gasteiger partial charge in [0, 0.05) is 6.08 Å². The molecule has 138 valence electrons. The third-order valence-electron chi connectivity index (χ3n) is 2.57. The Kier molecular flexibility index (Phi) is 9.12. The summed E-state index contributed by atoms with van der Waals surface area (Å²) in [6.07, 6.45) is -0.171. The number of phenolic OH excluding ortho intramolecular Hbond substituents is 1. The van der Waals surface area contributed by atoms with Gasteiger partial charge in [0.25, 0.3) is 0 Å². The molecule has 5 N–H and O–H groups in total. The van der Waals surface area contributed by atoms with Crippen molar-refractivity contribution in [3.05, 3.63) is 23.8 Å². The largest absolute Gasteiger partial charge is 0.502 e. The van der Waals surface area contributed by atoms with Crippen molar-refractivity contribution < 1.29 is 49.4 Å². The van der Waals surface area contributed by atoms with E-state index < -0.39 is 30.4 Å². The van der Waals surface area contributed by atoms with E-state index >= 15 is 0 Å². The lowest BCUT2D eigenvalue weighted by molar-refractivity contribution is -0.152. The molecular formula is C15H18O10. The van der Waals surface area contributed by atoms with Crippen molar-refractivity contribution in [1.29, 1.82) is 0 Å². The molecule has 0 bridgehead atoms. The van der Waals surface area contributed by atoms with Crippen LogP contribution in [-0.4, -0.2) is 63.8 Å². The quantitative estimate of drug-likeness (QED) is 0.430. The number of carboxylic acid groups (broad SMARTS) is 3. The van der Waals surface area contributed by atoms with E-state index in [0.717, 1.165) is 6.08 Å². The molecule has 0 amide bonds. The van der Waals surface area contributed by atoms with Gasteiger partial charge in [0.05, 0.1) is 20.6 Å². The Hall–Kier alpha value is -3.27. The fourth-order valence-corrected chi connectivity index (χ4v) is 1.43. The highest BCUT2D eigenvalue weighted by atomic mass is 16.5. The van der Waals surface area contributed by atoms with E-state index in [0.29, 0.717) is 5.56 Å². The first-order valence-electron chi connectivity index (χ1n) is 6.61. The second-order valence-corrected chi connectivity index (χ2v) is 4.40. The lowest BCUT2D eigenvalue weighted by Crippen LogP contribution is -2.22. The first kappa shape index (κ1) is 21.7. The fourth-order valence-electron chi connectivity index (χ4n) is 1.43. The van der Waals surface area contributed by atoms with E-state index in [-0.39, 0.29) is 17.2 Å². The normalized spacial score (nSPS) is 11.2. The van der Waals surface area contributed by atoms with E-state index in [9.17, 15) is 19.5 Å². The monoisotopic (exact) mass is 358 g/mol. The number of carbonyl (C=O) groups is 3. The Morgan fingerprint density at radius 2 is 1.56 bits per heavy atom. The number of ether oxygens (including phenoxy) is 2. The molecule has 10 nitrogen and oxygen atoms in total. The summed E-state index contributed by atoms with van der Waals surface area (Å²) in [6, 6.07) is 3.02. The van der Waals surface area contributed by atoms with Gasteiger partial charge in [0.2, 0.25) is 5.75 Å². The number of rotatable bonds is 7. The molecule has 0 aliphatic heterocycles. The van der Waals surface area contributed by atoms with E-state index in [1.165, 1.54) is 32.4 Å². The predicted molar refractivity (Wildman–Crippen MR) is 83.8 cm³/mol. The zero-order valence-electron chi connectivity index (χ0n) is 13.4. The Bertz CT molecular complexity index is 625. The van der Waals surface area contributed by atoms with Crippen molar-refractivity contribution in [3.8, 4) is 17.2 Å². The average Bonchev–Trinajstić information content (AvgIpc) is 2.53. The molecular weight excluding hydrogens is 340 g/mol. The highest BCUT2D eigenvalue weighted by Gasteiger charge is 2.16. The van der Waals surface area contributed by atoms with Gasteiger partial charge in [0.1, 0.15) is 0 Å². The Morgan fingerprint density at radius 3 is 1.84 bits per heavy atom. The summed E-state index contributed by atoms with van der Waals surface area (Å²) >= 11 is 0. The van der Waals surface area contributed by atoms with E-state index in [4.69, 9.17) is 29.9 Å². The van der Waals surface area contributed by atoms with Crippen molar-refractivity contribution in [2.45, 2.75) is 12.5 Å². The molecule has 0 aromatic heterocycles. The molecule has 25 heavy (non-hydrogen) atoms. The highest BCUT2D eigenvalue weighted by molar-refractivity contribution is 5.85. The summed E-state index contributed by atoms with van der Waals surface area (Å²) in [5.41, 5.74) is 0.564. The maximum absolute atomic E-state index is 10.3. The van der Waals surface area contributed by atoms with Crippen molar-refractivity contribution in [1.82, 2.24) is 0 Å². The summed E-state index contributed by atoms with van der Waals surface area (Å²) in [6.45, 7) is 0. The number of aliphatic hydroxyl groups is 1. The van der Waals surface area contributed by atoms with Gasteiger partial charge in [-0.3, -0.25) is 4.79 Å². The Balaban J connectivity index is 0.000000547. The highest BCUT2D eigenvalue weighted by Crippen LogP contribution is 2.37. The molecule has 0 radical (unpaired) electrons. The molecule has 0 aliphatic carbocycles. The minimum atomic E-state index is -1.79. The minimum absolute atomic E-state index is 0.113. The fraction of sp³-hybridized carbons (Fsp3) is 0.267. The first-order chi connectivity index (χ1) is 11.6. The summed E-state index contributed by atoms with van der Waals surface area (Å²) in [5.74, 6) is -3.56. The van der Waals surface area contributed by atoms with Crippen LogP contribution in [0.2, 0.25) is 0 Å². The van der Waals surface area contributed by atoms with E-state index in [1.807, 2.05) is 0 Å². The maximum Gasteiger partial charge on any atom is 0.333 e. The van der Waals surface area contributed by atoms with Crippen LogP contribution < -0.4 is 9.47 Å². The van der Waals surface area contributed by atoms with Gasteiger partial charge in [-0.1, -0.05) is 0 Å². The number of hydrogen-bond donors (Lipinski definition) is 5. The van der Waals surface area contributed by atoms with Crippen molar-refractivity contribution >= 4 is 24.0 Å². The third kappa shape index (κ3) is 8.23. The second-order valence-electron chi connectivity index (χ2n) is 4.40. The Labute approximate surface area is 142 Å². The number of hydrogen-bond acceptors (Lipinski definition) is 7. The van der Waals surface area contributed by atoms with Gasteiger partial charge in [-0.05, 0) is 23.8 Å². The van der Waals surface area contributed by atoms with Gasteiger partial charge in [-0.25, -0.2) is 9.59 Å². The van der Waals surface area contributed by atoms with Crippen LogP contribution in [0.25, 0.3) is 6.08 Å².